The van der Waals surface area contributed by atoms with Gasteiger partial charge in [0.25, 0.3) is 0 Å². The number of hydrogen-bond donors (Lipinski definition) is 0. The van der Waals surface area contributed by atoms with Crippen LogP contribution in [0.2, 0.25) is 0 Å². The van der Waals surface area contributed by atoms with Gasteiger partial charge >= 0.3 is 0 Å². The van der Waals surface area contributed by atoms with Gasteiger partial charge in [-0.2, -0.15) is 0 Å². The molecule has 1 aliphatic rings. The highest BCUT2D eigenvalue weighted by Crippen LogP contribution is 2.56. The molecule has 0 amide bonds. The molecule has 0 radical (unpaired) electrons. The number of ketones is 1. The Morgan fingerprint density at radius 1 is 1.22 bits per heavy atom. The highest BCUT2D eigenvalue weighted by atomic mass is 16.1. The molecule has 0 bridgehead atoms. The SMILES string of the molecule is C[C@H]1CC[C@@](C)(C(=O)Cc2ccccc2)C1(C)C. The van der Waals surface area contributed by atoms with Gasteiger partial charge in [0.15, 0.2) is 0 Å². The summed E-state index contributed by atoms with van der Waals surface area (Å²) in [6.07, 6.45) is 2.78. The number of carbonyl (C=O) groups is 1. The second-order valence-corrected chi connectivity index (χ2v) is 6.58. The fourth-order valence-electron chi connectivity index (χ4n) is 3.21. The summed E-state index contributed by atoms with van der Waals surface area (Å²) in [5, 5.41) is 0. The van der Waals surface area contributed by atoms with E-state index in [1.165, 1.54) is 6.42 Å². The quantitative estimate of drug-likeness (QED) is 0.776. The van der Waals surface area contributed by atoms with Crippen LogP contribution in [0.1, 0.15) is 46.1 Å². The smallest absolute Gasteiger partial charge is 0.143 e. The third-order valence-corrected chi connectivity index (χ3v) is 5.55. The summed E-state index contributed by atoms with van der Waals surface area (Å²) in [6, 6.07) is 10.1. The Bertz CT molecular complexity index is 432. The van der Waals surface area contributed by atoms with Gasteiger partial charge < -0.3 is 0 Å². The first kappa shape index (κ1) is 13.3. The molecule has 1 heteroatoms. The van der Waals surface area contributed by atoms with Crippen molar-refractivity contribution < 1.29 is 4.79 Å². The van der Waals surface area contributed by atoms with Crippen LogP contribution in [0.5, 0.6) is 0 Å². The van der Waals surface area contributed by atoms with E-state index in [9.17, 15) is 4.79 Å². The van der Waals surface area contributed by atoms with Gasteiger partial charge in [0.05, 0.1) is 0 Å². The standard InChI is InChI=1S/C17H24O/c1-13-10-11-17(4,16(13,2)3)15(18)12-14-8-6-5-7-9-14/h5-9,13H,10-12H2,1-4H3/t13-,17-/m0/s1. The molecular weight excluding hydrogens is 220 g/mol. The maximum Gasteiger partial charge on any atom is 0.143 e. The predicted molar refractivity (Wildman–Crippen MR) is 75.4 cm³/mol. The molecule has 0 spiro atoms. The van der Waals surface area contributed by atoms with E-state index in [-0.39, 0.29) is 10.8 Å². The average molecular weight is 244 g/mol. The normalized spacial score (nSPS) is 30.3. The first-order valence-electron chi connectivity index (χ1n) is 6.95. The lowest BCUT2D eigenvalue weighted by atomic mass is 9.63. The largest absolute Gasteiger partial charge is 0.299 e. The molecule has 1 aromatic rings. The second-order valence-electron chi connectivity index (χ2n) is 6.58. The minimum Gasteiger partial charge on any atom is -0.299 e. The monoisotopic (exact) mass is 244 g/mol. The highest BCUT2D eigenvalue weighted by Gasteiger charge is 2.53. The molecule has 1 aromatic carbocycles. The van der Waals surface area contributed by atoms with Gasteiger partial charge in [0.1, 0.15) is 5.78 Å². The van der Waals surface area contributed by atoms with Crippen LogP contribution in [-0.2, 0) is 11.2 Å². The zero-order valence-electron chi connectivity index (χ0n) is 12.0. The van der Waals surface area contributed by atoms with Gasteiger partial charge in [-0.1, -0.05) is 58.0 Å². The van der Waals surface area contributed by atoms with Crippen molar-refractivity contribution in [3.8, 4) is 0 Å². The maximum atomic E-state index is 12.7. The van der Waals surface area contributed by atoms with E-state index in [0.717, 1.165) is 12.0 Å². The zero-order chi connectivity index (χ0) is 13.4. The zero-order valence-corrected chi connectivity index (χ0v) is 12.0. The number of Topliss-reactive ketones (excluding diaryl/α,β-unsaturated/α-hetero) is 1. The molecule has 2 atom stereocenters. The van der Waals surface area contributed by atoms with Crippen LogP contribution in [0.15, 0.2) is 30.3 Å². The molecule has 1 saturated carbocycles. The van der Waals surface area contributed by atoms with E-state index >= 15 is 0 Å². The molecule has 98 valence electrons. The molecule has 0 heterocycles. The van der Waals surface area contributed by atoms with Crippen molar-refractivity contribution >= 4 is 5.78 Å². The van der Waals surface area contributed by atoms with Gasteiger partial charge in [0, 0.05) is 11.8 Å². The van der Waals surface area contributed by atoms with Gasteiger partial charge in [-0.05, 0) is 29.7 Å². The summed E-state index contributed by atoms with van der Waals surface area (Å²) in [7, 11) is 0. The lowest BCUT2D eigenvalue weighted by Crippen LogP contribution is -2.41. The molecule has 0 N–H and O–H groups in total. The molecule has 1 fully saturated rings. The lowest BCUT2D eigenvalue weighted by Gasteiger charge is -2.39. The number of benzene rings is 1. The third-order valence-electron chi connectivity index (χ3n) is 5.55. The number of rotatable bonds is 3. The first-order valence-corrected chi connectivity index (χ1v) is 6.95. The minimum absolute atomic E-state index is 0.110. The molecule has 0 saturated heterocycles. The summed E-state index contributed by atoms with van der Waals surface area (Å²) >= 11 is 0. The van der Waals surface area contributed by atoms with Gasteiger partial charge in [-0.15, -0.1) is 0 Å². The Morgan fingerprint density at radius 2 is 1.83 bits per heavy atom. The molecule has 0 aromatic heterocycles. The fraction of sp³-hybridized carbons (Fsp3) is 0.588. The Balaban J connectivity index is 2.19. The molecular formula is C17H24O. The molecule has 2 rings (SSSR count). The van der Waals surface area contributed by atoms with Crippen LogP contribution < -0.4 is 0 Å². The first-order chi connectivity index (χ1) is 8.38. The van der Waals surface area contributed by atoms with Crippen LogP contribution in [0, 0.1) is 16.7 Å². The van der Waals surface area contributed by atoms with E-state index < -0.39 is 0 Å². The Labute approximate surface area is 111 Å². The summed E-state index contributed by atoms with van der Waals surface area (Å²) in [5.41, 5.74) is 1.08. The molecule has 0 unspecified atom stereocenters. The molecule has 0 aliphatic heterocycles. The topological polar surface area (TPSA) is 17.1 Å². The minimum atomic E-state index is -0.164. The van der Waals surface area contributed by atoms with E-state index in [0.29, 0.717) is 18.1 Å². The third kappa shape index (κ3) is 2.00. The van der Waals surface area contributed by atoms with E-state index in [2.05, 4.69) is 27.7 Å². The van der Waals surface area contributed by atoms with Gasteiger partial charge in [-0.3, -0.25) is 4.79 Å². The lowest BCUT2D eigenvalue weighted by molar-refractivity contribution is -0.132. The van der Waals surface area contributed by atoms with Crippen molar-refractivity contribution in [1.29, 1.82) is 0 Å². The van der Waals surface area contributed by atoms with Crippen molar-refractivity contribution in [1.82, 2.24) is 0 Å². The van der Waals surface area contributed by atoms with Gasteiger partial charge in [0.2, 0.25) is 0 Å². The Hall–Kier alpha value is -1.11. The summed E-state index contributed by atoms with van der Waals surface area (Å²) in [6.45, 7) is 8.96. The van der Waals surface area contributed by atoms with Crippen molar-refractivity contribution in [2.75, 3.05) is 0 Å². The fourth-order valence-corrected chi connectivity index (χ4v) is 3.21. The Morgan fingerprint density at radius 3 is 2.33 bits per heavy atom. The van der Waals surface area contributed by atoms with Crippen LogP contribution in [0.25, 0.3) is 0 Å². The van der Waals surface area contributed by atoms with Crippen LogP contribution in [0.4, 0.5) is 0 Å². The van der Waals surface area contributed by atoms with Crippen LogP contribution >= 0.6 is 0 Å². The van der Waals surface area contributed by atoms with E-state index in [1.807, 2.05) is 30.3 Å². The van der Waals surface area contributed by atoms with Crippen molar-refractivity contribution in [2.24, 2.45) is 16.7 Å². The van der Waals surface area contributed by atoms with Crippen molar-refractivity contribution in [2.45, 2.75) is 47.0 Å². The van der Waals surface area contributed by atoms with E-state index in [4.69, 9.17) is 0 Å². The van der Waals surface area contributed by atoms with Crippen molar-refractivity contribution in [3.63, 3.8) is 0 Å². The number of hydrogen-bond acceptors (Lipinski definition) is 1. The Kier molecular flexibility index (Phi) is 3.35. The van der Waals surface area contributed by atoms with Crippen LogP contribution in [0.3, 0.4) is 0 Å². The average Bonchev–Trinajstić information content (AvgIpc) is 2.55. The van der Waals surface area contributed by atoms with Crippen molar-refractivity contribution in [3.05, 3.63) is 35.9 Å². The van der Waals surface area contributed by atoms with Crippen LogP contribution in [-0.4, -0.2) is 5.78 Å². The predicted octanol–water partition coefficient (Wildman–Crippen LogP) is 4.26. The maximum absolute atomic E-state index is 12.7. The summed E-state index contributed by atoms with van der Waals surface area (Å²) in [4.78, 5) is 12.7. The number of carbonyl (C=O) groups excluding carboxylic acids is 1. The van der Waals surface area contributed by atoms with E-state index in [1.54, 1.807) is 0 Å². The summed E-state index contributed by atoms with van der Waals surface area (Å²) in [5.74, 6) is 1.03. The second kappa shape index (κ2) is 4.53. The highest BCUT2D eigenvalue weighted by molar-refractivity contribution is 5.87. The van der Waals surface area contributed by atoms with Gasteiger partial charge in [-0.25, -0.2) is 0 Å². The molecule has 1 nitrogen and oxygen atoms in total. The molecule has 18 heavy (non-hydrogen) atoms. The molecule has 1 aliphatic carbocycles. The summed E-state index contributed by atoms with van der Waals surface area (Å²) < 4.78 is 0.